The van der Waals surface area contributed by atoms with Gasteiger partial charge in [0, 0.05) is 18.0 Å². The Morgan fingerprint density at radius 3 is 2.60 bits per heavy atom. The van der Waals surface area contributed by atoms with E-state index >= 15 is 0 Å². The molecule has 0 saturated heterocycles. The van der Waals surface area contributed by atoms with Gasteiger partial charge in [0.1, 0.15) is 11.6 Å². The smallest absolute Gasteiger partial charge is 0.359 e. The van der Waals surface area contributed by atoms with Gasteiger partial charge in [0.05, 0.1) is 11.1 Å². The predicted octanol–water partition coefficient (Wildman–Crippen LogP) is 3.27. The lowest BCUT2D eigenvalue weighted by Gasteiger charge is -2.11. The maximum absolute atomic E-state index is 13.6. The lowest BCUT2D eigenvalue weighted by Crippen LogP contribution is -2.28. The zero-order valence-corrected chi connectivity index (χ0v) is 16.2. The van der Waals surface area contributed by atoms with Crippen molar-refractivity contribution in [2.45, 2.75) is 26.3 Å². The number of aromatic nitrogens is 2. The van der Waals surface area contributed by atoms with E-state index < -0.39 is 30.1 Å². The first kappa shape index (κ1) is 21.1. The van der Waals surface area contributed by atoms with Crippen molar-refractivity contribution < 1.29 is 23.1 Å². The van der Waals surface area contributed by atoms with Crippen LogP contribution >= 0.6 is 0 Å². The predicted molar refractivity (Wildman–Crippen MR) is 106 cm³/mol. The number of carbonyl (C=O) groups is 2. The largest absolute Gasteiger partial charge is 0.451 e. The highest BCUT2D eigenvalue weighted by atomic mass is 19.1. The molecule has 0 bridgehead atoms. The summed E-state index contributed by atoms with van der Waals surface area (Å²) >= 11 is 0. The van der Waals surface area contributed by atoms with Crippen LogP contribution in [0.5, 0.6) is 0 Å². The van der Waals surface area contributed by atoms with Gasteiger partial charge < -0.3 is 10.1 Å². The minimum atomic E-state index is -0.911. The molecule has 1 heterocycles. The molecule has 0 saturated carbocycles. The first-order chi connectivity index (χ1) is 14.4. The molecule has 1 amide bonds. The van der Waals surface area contributed by atoms with E-state index in [2.05, 4.69) is 10.4 Å². The average molecular weight is 415 g/mol. The zero-order chi connectivity index (χ0) is 21.7. The topological polar surface area (TPSA) is 90.3 Å². The summed E-state index contributed by atoms with van der Waals surface area (Å²) < 4.78 is 33.0. The van der Waals surface area contributed by atoms with E-state index in [1.165, 1.54) is 4.68 Å². The number of amides is 1. The molecule has 0 aliphatic carbocycles. The standard InChI is InChI=1S/C21H19F2N3O4/c1-2-3-10-26-20(28)15-7-5-4-6-14(15)19(25-26)21(29)30-12-18(27)24-17-11-13(22)8-9-16(17)23/h4-9,11H,2-3,10,12H2,1H3,(H,24,27). The van der Waals surface area contributed by atoms with Gasteiger partial charge in [0.2, 0.25) is 0 Å². The Morgan fingerprint density at radius 2 is 1.87 bits per heavy atom. The molecule has 7 nitrogen and oxygen atoms in total. The second kappa shape index (κ2) is 9.25. The Bertz CT molecular complexity index is 1160. The monoisotopic (exact) mass is 415 g/mol. The Morgan fingerprint density at radius 1 is 1.13 bits per heavy atom. The fourth-order valence-corrected chi connectivity index (χ4v) is 2.82. The van der Waals surface area contributed by atoms with E-state index in [0.717, 1.165) is 24.6 Å². The highest BCUT2D eigenvalue weighted by molar-refractivity contribution is 6.03. The fraction of sp³-hybridized carbons (Fsp3) is 0.238. The number of hydrogen-bond donors (Lipinski definition) is 1. The quantitative estimate of drug-likeness (QED) is 0.598. The van der Waals surface area contributed by atoms with Crippen LogP contribution in [0.2, 0.25) is 0 Å². The van der Waals surface area contributed by atoms with Crippen molar-refractivity contribution in [2.75, 3.05) is 11.9 Å². The molecule has 1 aromatic heterocycles. The van der Waals surface area contributed by atoms with Crippen LogP contribution in [-0.2, 0) is 16.1 Å². The maximum atomic E-state index is 13.6. The molecule has 3 rings (SSSR count). The Kier molecular flexibility index (Phi) is 6.51. The van der Waals surface area contributed by atoms with Crippen molar-refractivity contribution in [3.63, 3.8) is 0 Å². The van der Waals surface area contributed by atoms with Crippen LogP contribution in [0.4, 0.5) is 14.5 Å². The number of ether oxygens (including phenoxy) is 1. The summed E-state index contributed by atoms with van der Waals surface area (Å²) in [7, 11) is 0. The molecule has 2 aromatic carbocycles. The molecule has 0 atom stereocenters. The van der Waals surface area contributed by atoms with E-state index in [1.54, 1.807) is 24.3 Å². The molecule has 30 heavy (non-hydrogen) atoms. The molecule has 0 radical (unpaired) electrons. The van der Waals surface area contributed by atoms with Crippen molar-refractivity contribution in [2.24, 2.45) is 0 Å². The average Bonchev–Trinajstić information content (AvgIpc) is 2.74. The minimum Gasteiger partial charge on any atom is -0.451 e. The van der Waals surface area contributed by atoms with E-state index in [1.807, 2.05) is 6.92 Å². The summed E-state index contributed by atoms with van der Waals surface area (Å²) in [6.07, 6.45) is 1.53. The molecule has 0 spiro atoms. The van der Waals surface area contributed by atoms with Crippen LogP contribution in [0.1, 0.15) is 30.3 Å². The fourth-order valence-electron chi connectivity index (χ4n) is 2.82. The third kappa shape index (κ3) is 4.68. The highest BCUT2D eigenvalue weighted by Crippen LogP contribution is 2.16. The van der Waals surface area contributed by atoms with E-state index in [-0.39, 0.29) is 16.9 Å². The maximum Gasteiger partial charge on any atom is 0.359 e. The first-order valence-corrected chi connectivity index (χ1v) is 9.32. The number of esters is 1. The van der Waals surface area contributed by atoms with Gasteiger partial charge in [0.25, 0.3) is 11.5 Å². The van der Waals surface area contributed by atoms with Crippen molar-refractivity contribution >= 4 is 28.3 Å². The SMILES string of the molecule is CCCCn1nc(C(=O)OCC(=O)Nc2cc(F)ccc2F)c2ccccc2c1=O. The molecular weight excluding hydrogens is 396 g/mol. The van der Waals surface area contributed by atoms with Gasteiger partial charge in [-0.05, 0) is 24.6 Å². The van der Waals surface area contributed by atoms with Gasteiger partial charge in [-0.15, -0.1) is 0 Å². The van der Waals surface area contributed by atoms with Gasteiger partial charge in [-0.25, -0.2) is 18.3 Å². The van der Waals surface area contributed by atoms with E-state index in [9.17, 15) is 23.2 Å². The summed E-state index contributed by atoms with van der Waals surface area (Å²) in [5.41, 5.74) is -0.797. The molecule has 0 aliphatic heterocycles. The molecule has 3 aromatic rings. The van der Waals surface area contributed by atoms with Crippen molar-refractivity contribution in [3.05, 3.63) is 70.1 Å². The number of aryl methyl sites for hydroxylation is 1. The van der Waals surface area contributed by atoms with Crippen LogP contribution in [0.15, 0.2) is 47.3 Å². The van der Waals surface area contributed by atoms with Gasteiger partial charge in [-0.2, -0.15) is 5.10 Å². The van der Waals surface area contributed by atoms with Crippen molar-refractivity contribution in [1.82, 2.24) is 9.78 Å². The first-order valence-electron chi connectivity index (χ1n) is 9.32. The molecule has 9 heteroatoms. The second-order valence-corrected chi connectivity index (χ2v) is 6.52. The van der Waals surface area contributed by atoms with Crippen molar-refractivity contribution in [1.29, 1.82) is 0 Å². The summed E-state index contributed by atoms with van der Waals surface area (Å²) in [4.78, 5) is 37.1. The van der Waals surface area contributed by atoms with Crippen LogP contribution in [0.25, 0.3) is 10.8 Å². The third-order valence-electron chi connectivity index (χ3n) is 4.32. The lowest BCUT2D eigenvalue weighted by atomic mass is 10.1. The number of anilines is 1. The van der Waals surface area contributed by atoms with Gasteiger partial charge in [-0.1, -0.05) is 31.5 Å². The highest BCUT2D eigenvalue weighted by Gasteiger charge is 2.19. The number of nitrogens with one attached hydrogen (secondary N) is 1. The molecule has 0 aliphatic rings. The number of carbonyl (C=O) groups excluding carboxylic acids is 2. The summed E-state index contributed by atoms with van der Waals surface area (Å²) in [5.74, 6) is -3.32. The lowest BCUT2D eigenvalue weighted by molar-refractivity contribution is -0.119. The number of rotatable bonds is 7. The molecule has 156 valence electrons. The van der Waals surface area contributed by atoms with E-state index in [4.69, 9.17) is 4.74 Å². The normalized spacial score (nSPS) is 10.8. The summed E-state index contributed by atoms with van der Waals surface area (Å²) in [5, 5.41) is 6.86. The zero-order valence-electron chi connectivity index (χ0n) is 16.2. The molecule has 0 fully saturated rings. The number of fused-ring (bicyclic) bond motifs is 1. The number of unbranched alkanes of at least 4 members (excludes halogenated alkanes) is 1. The van der Waals surface area contributed by atoms with E-state index in [0.29, 0.717) is 23.7 Å². The summed E-state index contributed by atoms with van der Waals surface area (Å²) in [6.45, 7) is 1.56. The second-order valence-electron chi connectivity index (χ2n) is 6.52. The Hall–Kier alpha value is -3.62. The van der Waals surface area contributed by atoms with Gasteiger partial charge in [-0.3, -0.25) is 9.59 Å². The number of halogens is 2. The van der Waals surface area contributed by atoms with Crippen LogP contribution in [0.3, 0.4) is 0 Å². The number of nitrogens with zero attached hydrogens (tertiary/aromatic N) is 2. The molecular formula is C21H19F2N3O4. The number of hydrogen-bond acceptors (Lipinski definition) is 5. The summed E-state index contributed by atoms with van der Waals surface area (Å²) in [6, 6.07) is 9.06. The Balaban J connectivity index is 1.79. The molecule has 0 unspecified atom stereocenters. The van der Waals surface area contributed by atoms with Crippen LogP contribution in [0, 0.1) is 11.6 Å². The van der Waals surface area contributed by atoms with Crippen molar-refractivity contribution in [3.8, 4) is 0 Å². The molecule has 1 N–H and O–H groups in total. The van der Waals surface area contributed by atoms with Gasteiger partial charge >= 0.3 is 5.97 Å². The third-order valence-corrected chi connectivity index (χ3v) is 4.32. The Labute approximate surface area is 170 Å². The number of benzene rings is 2. The van der Waals surface area contributed by atoms with Crippen LogP contribution < -0.4 is 10.9 Å². The minimum absolute atomic E-state index is 0.106. The van der Waals surface area contributed by atoms with Gasteiger partial charge in [0.15, 0.2) is 12.3 Å². The van der Waals surface area contributed by atoms with Crippen LogP contribution in [-0.4, -0.2) is 28.3 Å².